The molecule has 0 unspecified atom stereocenters. The molecule has 0 fully saturated rings. The maximum absolute atomic E-state index is 12.5. The van der Waals surface area contributed by atoms with Crippen LogP contribution >= 0.6 is 0 Å². The number of benzene rings is 2. The molecule has 0 spiro atoms. The van der Waals surface area contributed by atoms with E-state index in [1.807, 2.05) is 77.5 Å². The Kier molecular flexibility index (Phi) is 6.13. The summed E-state index contributed by atoms with van der Waals surface area (Å²) in [5.41, 5.74) is 5.46. The lowest BCUT2D eigenvalue weighted by Crippen LogP contribution is -2.07. The molecule has 1 N–H and O–H groups in total. The minimum Gasteiger partial charge on any atom is -0.493 e. The Labute approximate surface area is 182 Å². The summed E-state index contributed by atoms with van der Waals surface area (Å²) in [6, 6.07) is 19.4. The molecule has 0 aliphatic carbocycles. The van der Waals surface area contributed by atoms with Gasteiger partial charge in [-0.1, -0.05) is 43.3 Å². The van der Waals surface area contributed by atoms with Crippen LogP contribution in [0.2, 0.25) is 0 Å². The second-order valence-corrected chi connectivity index (χ2v) is 7.39. The van der Waals surface area contributed by atoms with Crippen molar-refractivity contribution in [1.82, 2.24) is 9.38 Å². The molecule has 0 atom stereocenters. The molecule has 2 aromatic heterocycles. The fraction of sp³-hybridized carbons (Fsp3) is 0.154. The predicted molar refractivity (Wildman–Crippen MR) is 125 cm³/mol. The second-order valence-electron chi connectivity index (χ2n) is 7.39. The number of fused-ring (bicyclic) bond motifs is 1. The number of nitrogens with one attached hydrogen (secondary N) is 1. The molecule has 4 aromatic rings. The van der Waals surface area contributed by atoms with Crippen LogP contribution in [0.5, 0.6) is 5.75 Å². The zero-order valence-corrected chi connectivity index (χ0v) is 17.7. The van der Waals surface area contributed by atoms with Crippen molar-refractivity contribution in [1.29, 1.82) is 0 Å². The zero-order valence-electron chi connectivity index (χ0n) is 17.7. The average Bonchev–Trinajstić information content (AvgIpc) is 3.20. The first kappa shape index (κ1) is 20.4. The topological polar surface area (TPSA) is 55.6 Å². The number of aryl methyl sites for hydroxylation is 1. The highest BCUT2D eigenvalue weighted by Gasteiger charge is 2.07. The van der Waals surface area contributed by atoms with Crippen molar-refractivity contribution >= 4 is 23.3 Å². The van der Waals surface area contributed by atoms with Gasteiger partial charge in [-0.2, -0.15) is 0 Å². The molecule has 156 valence electrons. The lowest BCUT2D eigenvalue weighted by Gasteiger charge is -2.08. The molecule has 5 heteroatoms. The summed E-state index contributed by atoms with van der Waals surface area (Å²) >= 11 is 0. The van der Waals surface area contributed by atoms with Gasteiger partial charge in [0.2, 0.25) is 5.91 Å². The number of para-hydroxylation sites is 1. The second kappa shape index (κ2) is 9.30. The number of carbonyl (C=O) groups excluding carboxylic acids is 1. The van der Waals surface area contributed by atoms with Gasteiger partial charge < -0.3 is 14.5 Å². The Hall–Kier alpha value is -3.86. The van der Waals surface area contributed by atoms with Crippen molar-refractivity contribution < 1.29 is 9.53 Å². The van der Waals surface area contributed by atoms with Gasteiger partial charge in [-0.05, 0) is 49.2 Å². The lowest BCUT2D eigenvalue weighted by atomic mass is 10.1. The van der Waals surface area contributed by atoms with E-state index in [0.29, 0.717) is 6.61 Å². The third-order valence-corrected chi connectivity index (χ3v) is 4.82. The van der Waals surface area contributed by atoms with Crippen molar-refractivity contribution in [3.8, 4) is 17.0 Å². The number of hydrogen-bond donors (Lipinski definition) is 1. The molecule has 5 nitrogen and oxygen atoms in total. The first-order valence-electron chi connectivity index (χ1n) is 10.4. The fourth-order valence-electron chi connectivity index (χ4n) is 3.31. The summed E-state index contributed by atoms with van der Waals surface area (Å²) in [4.78, 5) is 17.2. The van der Waals surface area contributed by atoms with E-state index in [4.69, 9.17) is 4.74 Å². The van der Waals surface area contributed by atoms with E-state index >= 15 is 0 Å². The smallest absolute Gasteiger partial charge is 0.248 e. The Morgan fingerprint density at radius 3 is 2.84 bits per heavy atom. The summed E-state index contributed by atoms with van der Waals surface area (Å²) in [5.74, 6) is 0.575. The number of anilines is 1. The first-order valence-corrected chi connectivity index (χ1v) is 10.4. The number of aromatic nitrogens is 2. The minimum absolute atomic E-state index is 0.201. The van der Waals surface area contributed by atoms with Gasteiger partial charge in [-0.15, -0.1) is 0 Å². The number of rotatable bonds is 7. The fourth-order valence-corrected chi connectivity index (χ4v) is 3.31. The van der Waals surface area contributed by atoms with Crippen LogP contribution in [0.1, 0.15) is 24.5 Å². The highest BCUT2D eigenvalue weighted by atomic mass is 16.5. The van der Waals surface area contributed by atoms with Gasteiger partial charge >= 0.3 is 0 Å². The van der Waals surface area contributed by atoms with Crippen LogP contribution in [-0.2, 0) is 4.79 Å². The Bertz CT molecular complexity index is 1240. The maximum Gasteiger partial charge on any atom is 0.248 e. The Morgan fingerprint density at radius 1 is 1.10 bits per heavy atom. The first-order chi connectivity index (χ1) is 15.1. The molecule has 0 radical (unpaired) electrons. The van der Waals surface area contributed by atoms with Crippen molar-refractivity contribution in [2.45, 2.75) is 20.3 Å². The molecular weight excluding hydrogens is 386 g/mol. The lowest BCUT2D eigenvalue weighted by molar-refractivity contribution is -0.111. The summed E-state index contributed by atoms with van der Waals surface area (Å²) < 4.78 is 7.75. The Morgan fingerprint density at radius 2 is 1.97 bits per heavy atom. The molecule has 1 amide bonds. The monoisotopic (exact) mass is 411 g/mol. The molecule has 0 bridgehead atoms. The molecule has 0 aliphatic heterocycles. The molecule has 0 aliphatic rings. The normalized spacial score (nSPS) is 11.2. The molecule has 2 heterocycles. The van der Waals surface area contributed by atoms with Crippen LogP contribution in [0.4, 0.5) is 5.69 Å². The number of hydrogen-bond acceptors (Lipinski definition) is 3. The SMILES string of the molecule is CCCOc1ccccc1/C=C/C(=O)Nc1cccc(-c2cn3cc(C)ccc3n2)c1. The van der Waals surface area contributed by atoms with E-state index < -0.39 is 0 Å². The molecule has 0 saturated heterocycles. The number of amides is 1. The summed E-state index contributed by atoms with van der Waals surface area (Å²) in [6.07, 6.45) is 8.27. The third-order valence-electron chi connectivity index (χ3n) is 4.82. The van der Waals surface area contributed by atoms with Crippen LogP contribution in [-0.4, -0.2) is 21.9 Å². The number of ether oxygens (including phenoxy) is 1. The van der Waals surface area contributed by atoms with Crippen LogP contribution in [0.15, 0.2) is 79.1 Å². The highest BCUT2D eigenvalue weighted by molar-refractivity contribution is 6.02. The van der Waals surface area contributed by atoms with Gasteiger partial charge in [0, 0.05) is 35.3 Å². The van der Waals surface area contributed by atoms with E-state index in [-0.39, 0.29) is 5.91 Å². The van der Waals surface area contributed by atoms with Gasteiger partial charge in [0.25, 0.3) is 0 Å². The quantitative estimate of drug-likeness (QED) is 0.394. The van der Waals surface area contributed by atoms with E-state index in [1.54, 1.807) is 6.08 Å². The molecule has 31 heavy (non-hydrogen) atoms. The van der Waals surface area contributed by atoms with E-state index in [0.717, 1.165) is 40.3 Å². The van der Waals surface area contributed by atoms with Crippen molar-refractivity contribution in [3.05, 3.63) is 90.3 Å². The van der Waals surface area contributed by atoms with Gasteiger partial charge in [0.1, 0.15) is 11.4 Å². The van der Waals surface area contributed by atoms with Crippen LogP contribution in [0, 0.1) is 6.92 Å². The van der Waals surface area contributed by atoms with E-state index in [2.05, 4.69) is 24.1 Å². The Balaban J connectivity index is 1.48. The van der Waals surface area contributed by atoms with Crippen molar-refractivity contribution in [2.75, 3.05) is 11.9 Å². The summed E-state index contributed by atoms with van der Waals surface area (Å²) in [5, 5.41) is 2.93. The summed E-state index contributed by atoms with van der Waals surface area (Å²) in [6.45, 7) is 4.76. The van der Waals surface area contributed by atoms with Crippen LogP contribution < -0.4 is 10.1 Å². The maximum atomic E-state index is 12.5. The molecule has 2 aromatic carbocycles. The molecular formula is C26H25N3O2. The van der Waals surface area contributed by atoms with E-state index in [1.165, 1.54) is 11.6 Å². The van der Waals surface area contributed by atoms with Gasteiger partial charge in [-0.3, -0.25) is 4.79 Å². The number of pyridine rings is 1. The van der Waals surface area contributed by atoms with Crippen LogP contribution in [0.25, 0.3) is 23.0 Å². The predicted octanol–water partition coefficient (Wildman–Crippen LogP) is 5.75. The van der Waals surface area contributed by atoms with Crippen molar-refractivity contribution in [2.24, 2.45) is 0 Å². The molecule has 0 saturated carbocycles. The van der Waals surface area contributed by atoms with Crippen LogP contribution in [0.3, 0.4) is 0 Å². The van der Waals surface area contributed by atoms with Gasteiger partial charge in [0.05, 0.1) is 12.3 Å². The minimum atomic E-state index is -0.201. The average molecular weight is 412 g/mol. The standard InChI is InChI=1S/C26H25N3O2/c1-3-15-31-24-10-5-4-7-20(24)12-14-26(30)27-22-9-6-8-21(16-22)23-18-29-17-19(2)11-13-25(29)28-23/h4-14,16-18H,3,15H2,1-2H3,(H,27,30)/b14-12+. The number of carbonyl (C=O) groups is 1. The number of imidazole rings is 1. The largest absolute Gasteiger partial charge is 0.493 e. The van der Waals surface area contributed by atoms with Gasteiger partial charge in [-0.25, -0.2) is 4.98 Å². The van der Waals surface area contributed by atoms with Crippen molar-refractivity contribution in [3.63, 3.8) is 0 Å². The third kappa shape index (κ3) is 5.01. The summed E-state index contributed by atoms with van der Waals surface area (Å²) in [7, 11) is 0. The molecule has 4 rings (SSSR count). The highest BCUT2D eigenvalue weighted by Crippen LogP contribution is 2.23. The van der Waals surface area contributed by atoms with Gasteiger partial charge in [0.15, 0.2) is 0 Å². The zero-order chi connectivity index (χ0) is 21.6. The number of nitrogens with zero attached hydrogens (tertiary/aromatic N) is 2. The van der Waals surface area contributed by atoms with E-state index in [9.17, 15) is 4.79 Å².